The molecule has 8 aliphatic rings. The zero-order chi connectivity index (χ0) is 59.5. The van der Waals surface area contributed by atoms with Crippen LogP contribution in [0.15, 0.2) is 53.3 Å². The molecule has 3 aromatic rings. The minimum absolute atomic E-state index is 0.0254. The first kappa shape index (κ1) is 64.6. The Morgan fingerprint density at radius 3 is 1.52 bits per heavy atom. The molecule has 6 unspecified atom stereocenters. The Balaban J connectivity index is 0.000000174. The fraction of sp³-hybridized carbons (Fsp3) is 0.721. The van der Waals surface area contributed by atoms with Gasteiger partial charge in [-0.15, -0.1) is 0 Å². The summed E-state index contributed by atoms with van der Waals surface area (Å²) in [6.45, 7) is 7.14. The number of anilines is 2. The lowest BCUT2D eigenvalue weighted by Crippen LogP contribution is -2.59. The van der Waals surface area contributed by atoms with Crippen LogP contribution >= 0.6 is 0 Å². The number of ketones is 1. The summed E-state index contributed by atoms with van der Waals surface area (Å²) in [7, 11) is 0. The number of carboxylic acid groups (broad SMARTS) is 1. The number of fused-ring (bicyclic) bond motifs is 9. The largest absolute Gasteiger partial charge is 0.481 e. The van der Waals surface area contributed by atoms with E-state index in [0.717, 1.165) is 90.0 Å². The van der Waals surface area contributed by atoms with Gasteiger partial charge in [-0.1, -0.05) is 88.5 Å². The number of nitrogens with two attached hydrogens (primary N) is 1. The number of aryl methyl sites for hydroxylation is 1. The van der Waals surface area contributed by atoms with Crippen molar-refractivity contribution in [1.82, 2.24) is 19.4 Å². The van der Waals surface area contributed by atoms with Crippen LogP contribution in [0.5, 0.6) is 0 Å². The molecule has 10 atom stereocenters. The van der Waals surface area contributed by atoms with Gasteiger partial charge in [0.15, 0.2) is 0 Å². The molecule has 4 aliphatic heterocycles. The van der Waals surface area contributed by atoms with E-state index in [1.165, 1.54) is 141 Å². The van der Waals surface area contributed by atoms with Gasteiger partial charge in [-0.3, -0.25) is 33.8 Å². The lowest BCUT2D eigenvalue weighted by atomic mass is 9.73. The molecule has 5 heterocycles. The summed E-state index contributed by atoms with van der Waals surface area (Å²) >= 11 is 0. The van der Waals surface area contributed by atoms with Gasteiger partial charge in [0.1, 0.15) is 5.69 Å². The van der Waals surface area contributed by atoms with Crippen molar-refractivity contribution in [2.75, 3.05) is 30.9 Å². The van der Waals surface area contributed by atoms with Gasteiger partial charge >= 0.3 is 17.9 Å². The predicted molar refractivity (Wildman–Crippen MR) is 329 cm³/mol. The first-order valence-electron chi connectivity index (χ1n) is 33.1. The van der Waals surface area contributed by atoms with Crippen LogP contribution in [0.25, 0.3) is 11.0 Å². The molecular formula is C68H102N6O10. The molecule has 0 spiro atoms. The maximum atomic E-state index is 13.9. The molecule has 84 heavy (non-hydrogen) atoms. The van der Waals surface area contributed by atoms with Crippen LogP contribution in [0.3, 0.4) is 0 Å². The monoisotopic (exact) mass is 1160 g/mol. The van der Waals surface area contributed by atoms with Crippen molar-refractivity contribution in [2.24, 2.45) is 23.7 Å². The maximum absolute atomic E-state index is 13.9. The molecule has 4 N–H and O–H groups in total. The number of piperidine rings is 4. The second-order valence-electron chi connectivity index (χ2n) is 25.9. The Hall–Kier alpha value is -5.35. The van der Waals surface area contributed by atoms with Crippen LogP contribution in [0.4, 0.5) is 11.4 Å². The Morgan fingerprint density at radius 2 is 1.02 bits per heavy atom. The summed E-state index contributed by atoms with van der Waals surface area (Å²) in [6.07, 6.45) is 35.3. The molecule has 4 aliphatic carbocycles. The number of Topliss-reactive ketones (excluding diaryl/α,β-unsaturated/α-hetero) is 1. The molecule has 4 saturated heterocycles. The third-order valence-corrected chi connectivity index (χ3v) is 19.8. The van der Waals surface area contributed by atoms with Gasteiger partial charge in [0.05, 0.1) is 42.2 Å². The first-order chi connectivity index (χ1) is 40.7. The highest BCUT2D eigenvalue weighted by Crippen LogP contribution is 2.48. The molecule has 8 bridgehead atoms. The van der Waals surface area contributed by atoms with Crippen molar-refractivity contribution in [3.8, 4) is 0 Å². The lowest BCUT2D eigenvalue weighted by Gasteiger charge is -2.54. The van der Waals surface area contributed by atoms with E-state index in [1.54, 1.807) is 13.8 Å². The van der Waals surface area contributed by atoms with Crippen LogP contribution in [-0.4, -0.2) is 116 Å². The van der Waals surface area contributed by atoms with E-state index in [9.17, 15) is 24.0 Å². The van der Waals surface area contributed by atoms with Gasteiger partial charge in [0, 0.05) is 74.5 Å². The number of aromatic nitrogens is 2. The number of hydrogen-bond donors (Lipinski definition) is 3. The Kier molecular flexibility index (Phi) is 24.9. The van der Waals surface area contributed by atoms with Crippen molar-refractivity contribution in [3.05, 3.63) is 64.6 Å². The number of rotatable bonds is 17. The minimum atomic E-state index is -0.833. The smallest absolute Gasteiger partial charge is 0.374 e. The quantitative estimate of drug-likeness (QED) is 0.0496. The fourth-order valence-electron chi connectivity index (χ4n) is 16.7. The number of nitrogen functional groups attached to an aromatic ring is 1. The van der Waals surface area contributed by atoms with Crippen LogP contribution in [0, 0.1) is 23.7 Å². The van der Waals surface area contributed by atoms with Gasteiger partial charge in [-0.05, 0) is 178 Å². The van der Waals surface area contributed by atoms with Gasteiger partial charge in [0.25, 0.3) is 11.5 Å². The van der Waals surface area contributed by atoms with E-state index in [4.69, 9.17) is 25.4 Å². The second-order valence-corrected chi connectivity index (χ2v) is 25.9. The number of ether oxygens (including phenoxy) is 3. The molecule has 0 amide bonds. The van der Waals surface area contributed by atoms with E-state index in [0.29, 0.717) is 62.7 Å². The van der Waals surface area contributed by atoms with E-state index in [2.05, 4.69) is 47.4 Å². The number of carbonyl (C=O) groups is 5. The highest BCUT2D eigenvalue weighted by molar-refractivity contribution is 6.33. The Morgan fingerprint density at radius 1 is 0.560 bits per heavy atom. The van der Waals surface area contributed by atoms with Crippen molar-refractivity contribution in [1.29, 1.82) is 0 Å². The maximum Gasteiger partial charge on any atom is 0.374 e. The Bertz CT molecular complexity index is 2620. The Labute approximate surface area is 500 Å². The number of carboxylic acids is 1. The molecule has 2 aromatic carbocycles. The summed E-state index contributed by atoms with van der Waals surface area (Å²) in [5.74, 6) is 1.11. The van der Waals surface area contributed by atoms with Crippen molar-refractivity contribution in [2.45, 2.75) is 269 Å². The molecule has 16 heteroatoms. The van der Waals surface area contributed by atoms with E-state index in [-0.39, 0.29) is 43.0 Å². The predicted octanol–water partition coefficient (Wildman–Crippen LogP) is 12.6. The van der Waals surface area contributed by atoms with Crippen LogP contribution in [-0.2, 0) is 44.6 Å². The summed E-state index contributed by atoms with van der Waals surface area (Å²) in [6, 6.07) is 21.6. The van der Waals surface area contributed by atoms with Gasteiger partial charge in [-0.25, -0.2) is 9.78 Å². The average molecular weight is 1160 g/mol. The summed E-state index contributed by atoms with van der Waals surface area (Å²) in [5.41, 5.74) is 10.7. The number of nitrogens with zero attached hydrogens (tertiary/aromatic N) is 4. The number of nitrogens with one attached hydrogen (secondary N) is 1. The highest BCUT2D eigenvalue weighted by atomic mass is 16.5. The SMILES string of the molecule is CC(=O)O.CCOC(=O)CCCC(=O)C(=O)OCC.CCOC(=O)CCCc1nc2ccccc2n(C2C[C@H]3CCC[C@@H](C2)N3C2CC3CCCCC(C3)C2)c1=O.Nc1ccccc1NC1C[C@H]2CCC[C@@H](C1)N2C1CC2CCCCC(C2)C1. The van der Waals surface area contributed by atoms with Gasteiger partial charge < -0.3 is 34.9 Å². The van der Waals surface area contributed by atoms with Gasteiger partial charge in [0.2, 0.25) is 5.78 Å². The molecule has 16 nitrogen and oxygen atoms in total. The molecule has 11 rings (SSSR count). The van der Waals surface area contributed by atoms with Crippen molar-refractivity contribution in [3.63, 3.8) is 0 Å². The normalized spacial score (nSPS) is 29.0. The molecular weight excluding hydrogens is 1060 g/mol. The van der Waals surface area contributed by atoms with Crippen molar-refractivity contribution >= 4 is 52.1 Å². The second kappa shape index (κ2) is 32.4. The summed E-state index contributed by atoms with van der Waals surface area (Å²) in [5, 5.41) is 11.2. The lowest BCUT2D eigenvalue weighted by molar-refractivity contribution is -0.153. The molecule has 0 radical (unpaired) electrons. The summed E-state index contributed by atoms with van der Waals surface area (Å²) < 4.78 is 16.4. The number of hydrogen-bond acceptors (Lipinski definition) is 14. The third-order valence-electron chi connectivity index (χ3n) is 19.8. The minimum Gasteiger partial charge on any atom is -0.481 e. The number of benzene rings is 2. The summed E-state index contributed by atoms with van der Waals surface area (Å²) in [4.78, 5) is 78.4. The van der Waals surface area contributed by atoms with Crippen molar-refractivity contribution < 1.29 is 43.3 Å². The van der Waals surface area contributed by atoms with Gasteiger partial charge in [-0.2, -0.15) is 0 Å². The fourth-order valence-corrected chi connectivity index (χ4v) is 16.7. The van der Waals surface area contributed by atoms with E-state index < -0.39 is 17.7 Å². The van der Waals surface area contributed by atoms with E-state index >= 15 is 0 Å². The topological polar surface area (TPSA) is 213 Å². The molecule has 8 fully saturated rings. The average Bonchev–Trinajstić information content (AvgIpc) is 1.36. The third kappa shape index (κ3) is 18.1. The number of carbonyl (C=O) groups excluding carboxylic acids is 4. The van der Waals surface area contributed by atoms with Crippen LogP contribution in [0.1, 0.15) is 226 Å². The zero-order valence-corrected chi connectivity index (χ0v) is 51.4. The number of esters is 3. The molecule has 4 saturated carbocycles. The van der Waals surface area contributed by atoms with Crippen LogP contribution < -0.4 is 16.6 Å². The van der Waals surface area contributed by atoms with E-state index in [1.807, 2.05) is 37.3 Å². The molecule has 1 aromatic heterocycles. The molecule has 464 valence electrons. The zero-order valence-electron chi connectivity index (χ0n) is 51.4. The number of para-hydroxylation sites is 4. The standard InChI is InChI=1S/C32H45N3O3.C24H37N3.C10H16O5.C2H4O2/c1-2-38-31(36)16-8-14-29-32(37)35(30-15-6-5-13-28(30)33-29)27-20-24-11-7-12-25(21-27)34(24)26-18-22-9-3-4-10-23(17-22)19-26;25-23-10-3-4-11-24(23)26-19-15-20-8-5-9-21(16-19)27(20)22-13-17-6-1-2-7-18(12-17)14-22;1-3-14-9(12)7-5-6-8(11)10(13)15-4-2;1-2(3)4/h5-6,13,15,22-27H,2-4,7-12,14,16-21H2,1H3;3-4,10-11,17-22,26H,1-2,5-9,12-16,25H2;3-7H2,1-2H3;1H3,(H,3,4)/t22?,23?,24-,25+,26?,27?;17?,18?,19?,20-,21+,22?;;. The highest BCUT2D eigenvalue weighted by Gasteiger charge is 2.47. The first-order valence-corrected chi connectivity index (χ1v) is 33.1. The number of aliphatic carboxylic acids is 1. The van der Waals surface area contributed by atoms with Crippen LogP contribution in [0.2, 0.25) is 0 Å².